The van der Waals surface area contributed by atoms with Crippen LogP contribution in [0.15, 0.2) is 0 Å². The third kappa shape index (κ3) is 6.37. The van der Waals surface area contributed by atoms with Gasteiger partial charge in [-0.05, 0) is 24.7 Å². The smallest absolute Gasteiger partial charge is 0.262 e. The highest BCUT2D eigenvalue weighted by molar-refractivity contribution is 5.40. The van der Waals surface area contributed by atoms with Crippen LogP contribution in [0.2, 0.25) is 0 Å². The van der Waals surface area contributed by atoms with Crippen LogP contribution in [0, 0.1) is 11.8 Å². The second-order valence-corrected chi connectivity index (χ2v) is 7.39. The van der Waals surface area contributed by atoms with Crippen LogP contribution in [0.4, 0.5) is 0 Å². The largest absolute Gasteiger partial charge is 0.490 e. The van der Waals surface area contributed by atoms with Gasteiger partial charge in [0, 0.05) is 6.42 Å². The van der Waals surface area contributed by atoms with E-state index in [1.54, 1.807) is 0 Å². The molecule has 1 aliphatic carbocycles. The van der Waals surface area contributed by atoms with E-state index in [0.29, 0.717) is 24.8 Å². The zero-order valence-corrected chi connectivity index (χ0v) is 15.8. The minimum absolute atomic E-state index is 0.00168. The molecular weight excluding hydrogens is 316 g/mol. The Hall–Kier alpha value is -1.52. The number of aryl methyl sites for hydroxylation is 1. The van der Waals surface area contributed by atoms with Crippen molar-refractivity contribution in [3.05, 3.63) is 5.82 Å². The maximum Gasteiger partial charge on any atom is 0.262 e. The van der Waals surface area contributed by atoms with Crippen LogP contribution < -0.4 is 4.74 Å². The van der Waals surface area contributed by atoms with E-state index in [2.05, 4.69) is 16.9 Å². The lowest BCUT2D eigenvalue weighted by atomic mass is 9.78. The van der Waals surface area contributed by atoms with E-state index in [1.807, 2.05) is 6.92 Å². The van der Waals surface area contributed by atoms with Gasteiger partial charge in [0.1, 0.15) is 5.82 Å². The van der Waals surface area contributed by atoms with E-state index in [9.17, 15) is 10.2 Å². The van der Waals surface area contributed by atoms with Gasteiger partial charge < -0.3 is 14.9 Å². The fourth-order valence-corrected chi connectivity index (χ4v) is 3.74. The standard InChI is InChI=1S/C20H34N2O3/c1-3-5-6-7-15-8-10-16(11-9-15)12-13-17-21-19(23)18(20(24)22-17)25-14-4-2/h15-16H,3-14H2,1-2H3,(H2,21,22,23,24)/t15-,16-. The first kappa shape index (κ1) is 19.8. The lowest BCUT2D eigenvalue weighted by Gasteiger charge is -2.28. The van der Waals surface area contributed by atoms with Gasteiger partial charge in [0.2, 0.25) is 5.75 Å². The number of nitrogens with zero attached hydrogens (tertiary/aromatic N) is 2. The third-order valence-corrected chi connectivity index (χ3v) is 5.29. The molecule has 0 aliphatic heterocycles. The Morgan fingerprint density at radius 2 is 1.48 bits per heavy atom. The fraction of sp³-hybridized carbons (Fsp3) is 0.800. The molecule has 5 nitrogen and oxygen atoms in total. The maximum atomic E-state index is 9.94. The molecule has 0 atom stereocenters. The summed E-state index contributed by atoms with van der Waals surface area (Å²) >= 11 is 0. The van der Waals surface area contributed by atoms with Crippen LogP contribution in [-0.2, 0) is 6.42 Å². The SMILES string of the molecule is CCCCC[C@H]1CC[C@H](CCc2nc(O)c(OCCC)c(O)n2)CC1. The lowest BCUT2D eigenvalue weighted by molar-refractivity contribution is 0.247. The molecule has 142 valence electrons. The van der Waals surface area contributed by atoms with Crippen molar-refractivity contribution in [1.82, 2.24) is 9.97 Å². The first-order valence-electron chi connectivity index (χ1n) is 10.1. The van der Waals surface area contributed by atoms with Gasteiger partial charge in [0.15, 0.2) is 0 Å². The molecule has 1 aliphatic rings. The number of aromatic hydroxyl groups is 2. The zero-order valence-electron chi connectivity index (χ0n) is 15.8. The van der Waals surface area contributed by atoms with Crippen LogP contribution in [-0.4, -0.2) is 26.8 Å². The van der Waals surface area contributed by atoms with Crippen LogP contribution >= 0.6 is 0 Å². The summed E-state index contributed by atoms with van der Waals surface area (Å²) in [6, 6.07) is 0. The Balaban J connectivity index is 1.76. The van der Waals surface area contributed by atoms with Crippen molar-refractivity contribution >= 4 is 0 Å². The second-order valence-electron chi connectivity index (χ2n) is 7.39. The van der Waals surface area contributed by atoms with Crippen molar-refractivity contribution in [1.29, 1.82) is 0 Å². The zero-order chi connectivity index (χ0) is 18.1. The highest BCUT2D eigenvalue weighted by Gasteiger charge is 2.22. The van der Waals surface area contributed by atoms with Crippen molar-refractivity contribution in [2.75, 3.05) is 6.61 Å². The van der Waals surface area contributed by atoms with Gasteiger partial charge in [0.25, 0.3) is 11.8 Å². The first-order chi connectivity index (χ1) is 12.1. The number of unbranched alkanes of at least 4 members (excludes halogenated alkanes) is 2. The summed E-state index contributed by atoms with van der Waals surface area (Å²) in [5.41, 5.74) is 0. The summed E-state index contributed by atoms with van der Waals surface area (Å²) in [5.74, 6) is 1.63. The van der Waals surface area contributed by atoms with E-state index >= 15 is 0 Å². The van der Waals surface area contributed by atoms with Gasteiger partial charge in [-0.1, -0.05) is 65.2 Å². The molecule has 1 aromatic heterocycles. The summed E-state index contributed by atoms with van der Waals surface area (Å²) in [6.07, 6.45) is 13.2. The molecule has 2 rings (SSSR count). The van der Waals surface area contributed by atoms with Gasteiger partial charge in [-0.15, -0.1) is 0 Å². The lowest BCUT2D eigenvalue weighted by Crippen LogP contribution is -2.15. The quantitative estimate of drug-likeness (QED) is 0.581. The highest BCUT2D eigenvalue weighted by atomic mass is 16.5. The molecule has 1 aromatic rings. The molecular formula is C20H34N2O3. The van der Waals surface area contributed by atoms with Crippen LogP contribution in [0.25, 0.3) is 0 Å². The summed E-state index contributed by atoms with van der Waals surface area (Å²) in [5, 5.41) is 19.9. The number of rotatable bonds is 10. The summed E-state index contributed by atoms with van der Waals surface area (Å²) < 4.78 is 5.29. The molecule has 0 saturated heterocycles. The van der Waals surface area contributed by atoms with Crippen molar-refractivity contribution in [2.24, 2.45) is 11.8 Å². The van der Waals surface area contributed by atoms with Crippen molar-refractivity contribution < 1.29 is 14.9 Å². The molecule has 1 saturated carbocycles. The molecule has 1 fully saturated rings. The van der Waals surface area contributed by atoms with Crippen LogP contribution in [0.5, 0.6) is 17.5 Å². The Bertz CT molecular complexity index is 491. The van der Waals surface area contributed by atoms with Gasteiger partial charge in [-0.2, -0.15) is 9.97 Å². The molecule has 5 heteroatoms. The van der Waals surface area contributed by atoms with E-state index in [4.69, 9.17) is 4.74 Å². The maximum absolute atomic E-state index is 9.94. The Kier molecular flexibility index (Phi) is 8.29. The van der Waals surface area contributed by atoms with Crippen molar-refractivity contribution in [3.8, 4) is 17.5 Å². The molecule has 0 radical (unpaired) electrons. The number of aromatic nitrogens is 2. The first-order valence-corrected chi connectivity index (χ1v) is 10.1. The van der Waals surface area contributed by atoms with Crippen LogP contribution in [0.1, 0.15) is 83.9 Å². The summed E-state index contributed by atoms with van der Waals surface area (Å²) in [4.78, 5) is 8.19. The Labute approximate surface area is 151 Å². The topological polar surface area (TPSA) is 75.5 Å². The predicted octanol–water partition coefficient (Wildman–Crippen LogP) is 5.00. The van der Waals surface area contributed by atoms with Gasteiger partial charge in [-0.25, -0.2) is 0 Å². The minimum atomic E-state index is -0.254. The monoisotopic (exact) mass is 350 g/mol. The third-order valence-electron chi connectivity index (χ3n) is 5.29. The number of hydrogen-bond acceptors (Lipinski definition) is 5. The minimum Gasteiger partial charge on any atom is -0.490 e. The Morgan fingerprint density at radius 1 is 0.880 bits per heavy atom. The molecule has 2 N–H and O–H groups in total. The predicted molar refractivity (Wildman–Crippen MR) is 99.1 cm³/mol. The second kappa shape index (κ2) is 10.5. The van der Waals surface area contributed by atoms with Gasteiger partial charge in [-0.3, -0.25) is 0 Å². The Morgan fingerprint density at radius 3 is 2.04 bits per heavy atom. The van der Waals surface area contributed by atoms with Crippen LogP contribution in [0.3, 0.4) is 0 Å². The van der Waals surface area contributed by atoms with E-state index in [0.717, 1.165) is 18.8 Å². The van der Waals surface area contributed by atoms with Gasteiger partial charge in [0.05, 0.1) is 6.61 Å². The highest BCUT2D eigenvalue weighted by Crippen LogP contribution is 2.35. The van der Waals surface area contributed by atoms with E-state index < -0.39 is 0 Å². The molecule has 25 heavy (non-hydrogen) atoms. The molecule has 0 aromatic carbocycles. The molecule has 0 amide bonds. The normalized spacial score (nSPS) is 20.6. The summed E-state index contributed by atoms with van der Waals surface area (Å²) in [7, 11) is 0. The number of ether oxygens (including phenoxy) is 1. The number of hydrogen-bond donors (Lipinski definition) is 2. The van der Waals surface area contributed by atoms with E-state index in [-0.39, 0.29) is 17.5 Å². The fourth-order valence-electron chi connectivity index (χ4n) is 3.74. The summed E-state index contributed by atoms with van der Waals surface area (Å²) in [6.45, 7) is 4.64. The average molecular weight is 351 g/mol. The average Bonchev–Trinajstić information content (AvgIpc) is 2.61. The van der Waals surface area contributed by atoms with E-state index in [1.165, 1.54) is 51.4 Å². The van der Waals surface area contributed by atoms with Crippen molar-refractivity contribution in [2.45, 2.75) is 84.5 Å². The molecule has 0 bridgehead atoms. The molecule has 0 spiro atoms. The van der Waals surface area contributed by atoms with Gasteiger partial charge >= 0.3 is 0 Å². The molecule has 1 heterocycles. The van der Waals surface area contributed by atoms with Crippen molar-refractivity contribution in [3.63, 3.8) is 0 Å². The molecule has 0 unspecified atom stereocenters.